The second-order valence-electron chi connectivity index (χ2n) is 6.87. The third-order valence-corrected chi connectivity index (χ3v) is 5.21. The van der Waals surface area contributed by atoms with Crippen molar-refractivity contribution in [3.8, 4) is 5.75 Å². The number of carbonyl (C=O) groups excluding carboxylic acids is 2. The van der Waals surface area contributed by atoms with Crippen LogP contribution in [0.5, 0.6) is 5.75 Å². The van der Waals surface area contributed by atoms with Gasteiger partial charge >= 0.3 is 0 Å². The van der Waals surface area contributed by atoms with Crippen molar-refractivity contribution in [3.63, 3.8) is 0 Å². The SMILES string of the molecule is COc1cccc(C(=O)N2CCN(C(=O)c3oc4ccccc4c3C)CC2)c1. The first kappa shape index (κ1) is 18.1. The van der Waals surface area contributed by atoms with Gasteiger partial charge in [0.25, 0.3) is 11.8 Å². The normalized spacial score (nSPS) is 14.4. The van der Waals surface area contributed by atoms with Crippen LogP contribution in [0.1, 0.15) is 26.5 Å². The molecule has 1 saturated heterocycles. The standard InChI is InChI=1S/C22H22N2O4/c1-15-18-8-3-4-9-19(18)28-20(15)22(26)24-12-10-23(11-13-24)21(25)16-6-5-7-17(14-16)27-2/h3-9,14H,10-13H2,1-2H3. The van der Waals surface area contributed by atoms with Gasteiger partial charge < -0.3 is 19.0 Å². The van der Waals surface area contributed by atoms with Gasteiger partial charge in [0, 0.05) is 42.7 Å². The minimum absolute atomic E-state index is 0.0501. The molecule has 0 N–H and O–H groups in total. The number of ether oxygens (including phenoxy) is 1. The number of furan rings is 1. The molecule has 2 amide bonds. The molecule has 1 aliphatic heterocycles. The molecule has 2 heterocycles. The summed E-state index contributed by atoms with van der Waals surface area (Å²) in [6.45, 7) is 3.83. The fourth-order valence-corrected chi connectivity index (χ4v) is 3.57. The van der Waals surface area contributed by atoms with Crippen molar-refractivity contribution in [2.75, 3.05) is 33.3 Å². The molecule has 2 aromatic carbocycles. The number of carbonyl (C=O) groups is 2. The third-order valence-electron chi connectivity index (χ3n) is 5.21. The van der Waals surface area contributed by atoms with Gasteiger partial charge in [-0.3, -0.25) is 9.59 Å². The highest BCUT2D eigenvalue weighted by molar-refractivity contribution is 5.99. The van der Waals surface area contributed by atoms with Gasteiger partial charge in [-0.05, 0) is 31.2 Å². The molecule has 0 atom stereocenters. The highest BCUT2D eigenvalue weighted by Gasteiger charge is 2.28. The molecule has 6 heteroatoms. The lowest BCUT2D eigenvalue weighted by Crippen LogP contribution is -2.50. The molecule has 1 fully saturated rings. The van der Waals surface area contributed by atoms with E-state index >= 15 is 0 Å². The summed E-state index contributed by atoms with van der Waals surface area (Å²) in [6.07, 6.45) is 0. The molecule has 144 valence electrons. The fraction of sp³-hybridized carbons (Fsp3) is 0.273. The number of amides is 2. The second-order valence-corrected chi connectivity index (χ2v) is 6.87. The maximum atomic E-state index is 12.9. The van der Waals surface area contributed by atoms with Crippen LogP contribution in [0.15, 0.2) is 52.9 Å². The molecule has 0 unspecified atom stereocenters. The number of aryl methyl sites for hydroxylation is 1. The molecular formula is C22H22N2O4. The van der Waals surface area contributed by atoms with Gasteiger partial charge in [0.15, 0.2) is 5.76 Å². The minimum Gasteiger partial charge on any atom is -0.497 e. The van der Waals surface area contributed by atoms with Crippen molar-refractivity contribution in [2.24, 2.45) is 0 Å². The molecule has 0 aliphatic carbocycles. The average molecular weight is 378 g/mol. The lowest BCUT2D eigenvalue weighted by atomic mass is 10.1. The predicted octanol–water partition coefficient (Wildman–Crippen LogP) is 3.35. The highest BCUT2D eigenvalue weighted by atomic mass is 16.5. The zero-order valence-electron chi connectivity index (χ0n) is 16.0. The topological polar surface area (TPSA) is 63.0 Å². The minimum atomic E-state index is -0.123. The number of methoxy groups -OCH3 is 1. The maximum Gasteiger partial charge on any atom is 0.290 e. The molecular weight excluding hydrogens is 356 g/mol. The predicted molar refractivity (Wildman–Crippen MR) is 106 cm³/mol. The van der Waals surface area contributed by atoms with Crippen LogP contribution in [-0.2, 0) is 0 Å². The Morgan fingerprint density at radius 1 is 0.929 bits per heavy atom. The molecule has 1 aliphatic rings. The van der Waals surface area contributed by atoms with E-state index in [1.165, 1.54) is 0 Å². The number of benzene rings is 2. The number of para-hydroxylation sites is 1. The molecule has 28 heavy (non-hydrogen) atoms. The molecule has 0 bridgehead atoms. The van der Waals surface area contributed by atoms with E-state index in [0.29, 0.717) is 43.3 Å². The molecule has 0 radical (unpaired) electrons. The van der Waals surface area contributed by atoms with Crippen LogP contribution >= 0.6 is 0 Å². The van der Waals surface area contributed by atoms with E-state index in [-0.39, 0.29) is 11.8 Å². The Bertz CT molecular complexity index is 1030. The summed E-state index contributed by atoms with van der Waals surface area (Å²) in [4.78, 5) is 29.2. The molecule has 0 saturated carbocycles. The van der Waals surface area contributed by atoms with E-state index in [2.05, 4.69) is 0 Å². The van der Waals surface area contributed by atoms with Crippen LogP contribution < -0.4 is 4.74 Å². The van der Waals surface area contributed by atoms with Gasteiger partial charge in [-0.1, -0.05) is 24.3 Å². The Morgan fingerprint density at radius 2 is 1.61 bits per heavy atom. The summed E-state index contributed by atoms with van der Waals surface area (Å²) < 4.78 is 11.0. The Morgan fingerprint density at radius 3 is 2.29 bits per heavy atom. The van der Waals surface area contributed by atoms with E-state index in [1.807, 2.05) is 37.3 Å². The molecule has 4 rings (SSSR count). The van der Waals surface area contributed by atoms with E-state index in [9.17, 15) is 9.59 Å². The van der Waals surface area contributed by atoms with E-state index in [4.69, 9.17) is 9.15 Å². The number of hydrogen-bond donors (Lipinski definition) is 0. The molecule has 6 nitrogen and oxygen atoms in total. The number of hydrogen-bond acceptors (Lipinski definition) is 4. The van der Waals surface area contributed by atoms with Crippen molar-refractivity contribution >= 4 is 22.8 Å². The Kier molecular flexibility index (Phi) is 4.77. The number of nitrogens with zero attached hydrogens (tertiary/aromatic N) is 2. The average Bonchev–Trinajstić information content (AvgIpc) is 3.09. The fourth-order valence-electron chi connectivity index (χ4n) is 3.57. The largest absolute Gasteiger partial charge is 0.497 e. The van der Waals surface area contributed by atoms with Gasteiger partial charge in [-0.25, -0.2) is 0 Å². The number of rotatable bonds is 3. The summed E-state index contributed by atoms with van der Waals surface area (Å²) in [5, 5.41) is 0.956. The molecule has 3 aromatic rings. The van der Waals surface area contributed by atoms with Crippen LogP contribution in [0.3, 0.4) is 0 Å². The Balaban J connectivity index is 1.45. The Hall–Kier alpha value is -3.28. The zero-order chi connectivity index (χ0) is 19.7. The van der Waals surface area contributed by atoms with E-state index < -0.39 is 0 Å². The summed E-state index contributed by atoms with van der Waals surface area (Å²) in [5.74, 6) is 0.863. The van der Waals surface area contributed by atoms with Gasteiger partial charge in [0.1, 0.15) is 11.3 Å². The first-order valence-corrected chi connectivity index (χ1v) is 9.29. The molecule has 1 aromatic heterocycles. The lowest BCUT2D eigenvalue weighted by molar-refractivity contribution is 0.0518. The van der Waals surface area contributed by atoms with Gasteiger partial charge in [0.05, 0.1) is 7.11 Å². The summed E-state index contributed by atoms with van der Waals surface area (Å²) in [5.41, 5.74) is 2.16. The van der Waals surface area contributed by atoms with Crippen LogP contribution in [-0.4, -0.2) is 54.9 Å². The molecule has 0 spiro atoms. The van der Waals surface area contributed by atoms with Crippen molar-refractivity contribution in [1.29, 1.82) is 0 Å². The third kappa shape index (κ3) is 3.22. The van der Waals surface area contributed by atoms with Crippen molar-refractivity contribution in [1.82, 2.24) is 9.80 Å². The summed E-state index contributed by atoms with van der Waals surface area (Å²) >= 11 is 0. The summed E-state index contributed by atoms with van der Waals surface area (Å²) in [6, 6.07) is 14.8. The van der Waals surface area contributed by atoms with E-state index in [0.717, 1.165) is 16.5 Å². The van der Waals surface area contributed by atoms with Gasteiger partial charge in [0.2, 0.25) is 0 Å². The summed E-state index contributed by atoms with van der Waals surface area (Å²) in [7, 11) is 1.58. The quantitative estimate of drug-likeness (QED) is 0.701. The van der Waals surface area contributed by atoms with Crippen LogP contribution in [0.25, 0.3) is 11.0 Å². The van der Waals surface area contributed by atoms with Gasteiger partial charge in [-0.2, -0.15) is 0 Å². The van der Waals surface area contributed by atoms with Gasteiger partial charge in [-0.15, -0.1) is 0 Å². The van der Waals surface area contributed by atoms with Crippen molar-refractivity contribution < 1.29 is 18.7 Å². The van der Waals surface area contributed by atoms with Crippen molar-refractivity contribution in [3.05, 3.63) is 65.4 Å². The first-order chi connectivity index (χ1) is 13.6. The van der Waals surface area contributed by atoms with Crippen LogP contribution in [0.2, 0.25) is 0 Å². The van der Waals surface area contributed by atoms with E-state index in [1.54, 1.807) is 35.1 Å². The smallest absolute Gasteiger partial charge is 0.290 e. The lowest BCUT2D eigenvalue weighted by Gasteiger charge is -2.34. The van der Waals surface area contributed by atoms with Crippen LogP contribution in [0.4, 0.5) is 0 Å². The highest BCUT2D eigenvalue weighted by Crippen LogP contribution is 2.26. The monoisotopic (exact) mass is 378 g/mol. The van der Waals surface area contributed by atoms with Crippen molar-refractivity contribution in [2.45, 2.75) is 6.92 Å². The second kappa shape index (κ2) is 7.38. The number of fused-ring (bicyclic) bond motifs is 1. The van der Waals surface area contributed by atoms with Crippen LogP contribution in [0, 0.1) is 6.92 Å². The number of piperazine rings is 1. The maximum absolute atomic E-state index is 12.9. The first-order valence-electron chi connectivity index (χ1n) is 9.29. The Labute approximate surface area is 163 Å². The zero-order valence-corrected chi connectivity index (χ0v) is 16.0.